The number of hydrogen-bond acceptors (Lipinski definition) is 5. The van der Waals surface area contributed by atoms with Crippen LogP contribution in [-0.2, 0) is 0 Å². The number of benzene rings is 2. The molecule has 0 amide bonds. The number of methoxy groups -OCH3 is 3. The standard InChI is InChI=1S/C19H18O5/c1-11-5-6-15-13(7-11)8-14(19(20)24-15)12-9-16(21-2)18(23-4)17(10-12)22-3/h5-10H,1-4H3. The van der Waals surface area contributed by atoms with E-state index in [4.69, 9.17) is 18.6 Å². The minimum Gasteiger partial charge on any atom is -0.493 e. The summed E-state index contributed by atoms with van der Waals surface area (Å²) in [6, 6.07) is 11.0. The first-order chi connectivity index (χ1) is 11.6. The zero-order valence-electron chi connectivity index (χ0n) is 14.0. The summed E-state index contributed by atoms with van der Waals surface area (Å²) in [4.78, 5) is 12.4. The average molecular weight is 326 g/mol. The zero-order valence-corrected chi connectivity index (χ0v) is 14.0. The van der Waals surface area contributed by atoms with E-state index in [2.05, 4.69) is 0 Å². The van der Waals surface area contributed by atoms with Crippen LogP contribution in [0.15, 0.2) is 45.6 Å². The number of rotatable bonds is 4. The van der Waals surface area contributed by atoms with Gasteiger partial charge in [0.25, 0.3) is 0 Å². The van der Waals surface area contributed by atoms with Gasteiger partial charge in [0.1, 0.15) is 5.58 Å². The molecule has 0 spiro atoms. The highest BCUT2D eigenvalue weighted by atomic mass is 16.5. The molecule has 0 N–H and O–H groups in total. The third-order valence-corrected chi connectivity index (χ3v) is 3.86. The van der Waals surface area contributed by atoms with Crippen LogP contribution in [0, 0.1) is 6.92 Å². The van der Waals surface area contributed by atoms with Gasteiger partial charge in [-0.2, -0.15) is 0 Å². The molecule has 3 rings (SSSR count). The van der Waals surface area contributed by atoms with Crippen LogP contribution in [-0.4, -0.2) is 21.3 Å². The van der Waals surface area contributed by atoms with E-state index < -0.39 is 5.63 Å². The van der Waals surface area contributed by atoms with Crippen molar-refractivity contribution in [3.05, 3.63) is 52.4 Å². The third kappa shape index (κ3) is 2.69. The zero-order chi connectivity index (χ0) is 17.3. The number of hydrogen-bond donors (Lipinski definition) is 0. The Hall–Kier alpha value is -2.95. The first-order valence-corrected chi connectivity index (χ1v) is 7.42. The maximum atomic E-state index is 12.4. The Balaban J connectivity index is 2.26. The lowest BCUT2D eigenvalue weighted by Gasteiger charge is -2.14. The fourth-order valence-electron chi connectivity index (χ4n) is 2.68. The topological polar surface area (TPSA) is 57.9 Å². The molecule has 5 nitrogen and oxygen atoms in total. The van der Waals surface area contributed by atoms with Gasteiger partial charge in [-0.05, 0) is 42.8 Å². The highest BCUT2D eigenvalue weighted by Gasteiger charge is 2.16. The summed E-state index contributed by atoms with van der Waals surface area (Å²) < 4.78 is 21.5. The van der Waals surface area contributed by atoms with Crippen molar-refractivity contribution in [2.75, 3.05) is 21.3 Å². The molecule has 1 aromatic heterocycles. The maximum absolute atomic E-state index is 12.4. The van der Waals surface area contributed by atoms with Crippen LogP contribution >= 0.6 is 0 Å². The van der Waals surface area contributed by atoms with Crippen LogP contribution in [0.1, 0.15) is 5.56 Å². The van der Waals surface area contributed by atoms with E-state index in [0.717, 1.165) is 10.9 Å². The molecule has 0 aliphatic carbocycles. The van der Waals surface area contributed by atoms with Gasteiger partial charge < -0.3 is 18.6 Å². The first-order valence-electron chi connectivity index (χ1n) is 7.42. The Morgan fingerprint density at radius 3 is 2.12 bits per heavy atom. The lowest BCUT2D eigenvalue weighted by Crippen LogP contribution is -2.04. The maximum Gasteiger partial charge on any atom is 0.344 e. The second-order valence-electron chi connectivity index (χ2n) is 5.40. The highest BCUT2D eigenvalue weighted by molar-refractivity contribution is 5.83. The van der Waals surface area contributed by atoms with Gasteiger partial charge >= 0.3 is 5.63 Å². The third-order valence-electron chi connectivity index (χ3n) is 3.86. The van der Waals surface area contributed by atoms with E-state index in [1.54, 1.807) is 18.2 Å². The number of ether oxygens (including phenoxy) is 3. The van der Waals surface area contributed by atoms with E-state index in [-0.39, 0.29) is 0 Å². The Kier molecular flexibility index (Phi) is 4.16. The van der Waals surface area contributed by atoms with Gasteiger partial charge in [0.05, 0.1) is 26.9 Å². The monoisotopic (exact) mass is 326 g/mol. The van der Waals surface area contributed by atoms with E-state index >= 15 is 0 Å². The van der Waals surface area contributed by atoms with Gasteiger partial charge in [-0.15, -0.1) is 0 Å². The molecule has 2 aromatic carbocycles. The second kappa shape index (κ2) is 6.28. The quantitative estimate of drug-likeness (QED) is 0.683. The van der Waals surface area contributed by atoms with E-state index in [1.165, 1.54) is 21.3 Å². The molecule has 24 heavy (non-hydrogen) atoms. The van der Waals surface area contributed by atoms with Crippen LogP contribution in [0.5, 0.6) is 17.2 Å². The lowest BCUT2D eigenvalue weighted by atomic mass is 10.0. The minimum atomic E-state index is -0.416. The molecule has 124 valence electrons. The van der Waals surface area contributed by atoms with E-state index in [1.807, 2.05) is 25.1 Å². The fourth-order valence-corrected chi connectivity index (χ4v) is 2.68. The van der Waals surface area contributed by atoms with Crippen molar-refractivity contribution in [2.45, 2.75) is 6.92 Å². The highest BCUT2D eigenvalue weighted by Crippen LogP contribution is 2.40. The summed E-state index contributed by atoms with van der Waals surface area (Å²) in [7, 11) is 4.60. The second-order valence-corrected chi connectivity index (χ2v) is 5.40. The van der Waals surface area contributed by atoms with Crippen molar-refractivity contribution in [3.63, 3.8) is 0 Å². The Bertz CT molecular complexity index is 931. The van der Waals surface area contributed by atoms with Crippen LogP contribution < -0.4 is 19.8 Å². The van der Waals surface area contributed by atoms with E-state index in [9.17, 15) is 4.79 Å². The molecule has 0 aliphatic rings. The molecule has 0 saturated carbocycles. The van der Waals surface area contributed by atoms with Crippen LogP contribution in [0.4, 0.5) is 0 Å². The summed E-state index contributed by atoms with van der Waals surface area (Å²) >= 11 is 0. The van der Waals surface area contributed by atoms with Gasteiger partial charge in [0.15, 0.2) is 11.5 Å². The molecule has 0 atom stereocenters. The average Bonchev–Trinajstić information content (AvgIpc) is 2.60. The molecular formula is C19H18O5. The Labute approximate surface area is 139 Å². The molecule has 0 aliphatic heterocycles. The normalized spacial score (nSPS) is 10.7. The van der Waals surface area contributed by atoms with Crippen molar-refractivity contribution in [1.82, 2.24) is 0 Å². The first kappa shape index (κ1) is 15.9. The largest absolute Gasteiger partial charge is 0.493 e. The summed E-state index contributed by atoms with van der Waals surface area (Å²) in [5.41, 5.74) is 2.31. The van der Waals surface area contributed by atoms with Gasteiger partial charge in [0.2, 0.25) is 5.75 Å². The van der Waals surface area contributed by atoms with Crippen LogP contribution in [0.3, 0.4) is 0 Å². The fraction of sp³-hybridized carbons (Fsp3) is 0.211. The van der Waals surface area contributed by atoms with Gasteiger partial charge in [-0.3, -0.25) is 0 Å². The molecule has 5 heteroatoms. The molecule has 0 radical (unpaired) electrons. The summed E-state index contributed by atoms with van der Waals surface area (Å²) in [5, 5.41) is 0.860. The molecule has 0 unspecified atom stereocenters. The molecule has 1 heterocycles. The molecule has 0 fully saturated rings. The predicted octanol–water partition coefficient (Wildman–Crippen LogP) is 3.79. The summed E-state index contributed by atoms with van der Waals surface area (Å²) in [6.07, 6.45) is 0. The van der Waals surface area contributed by atoms with Gasteiger partial charge in [-0.1, -0.05) is 11.6 Å². The van der Waals surface area contributed by atoms with Crippen molar-refractivity contribution in [3.8, 4) is 28.4 Å². The van der Waals surface area contributed by atoms with Crippen molar-refractivity contribution in [2.24, 2.45) is 0 Å². The molecule has 3 aromatic rings. The van der Waals surface area contributed by atoms with Crippen molar-refractivity contribution >= 4 is 11.0 Å². The predicted molar refractivity (Wildman–Crippen MR) is 92.3 cm³/mol. The number of aryl methyl sites for hydroxylation is 1. The van der Waals surface area contributed by atoms with E-state index in [0.29, 0.717) is 34.0 Å². The van der Waals surface area contributed by atoms with Crippen LogP contribution in [0.2, 0.25) is 0 Å². The van der Waals surface area contributed by atoms with Gasteiger partial charge in [-0.25, -0.2) is 4.79 Å². The van der Waals surface area contributed by atoms with Crippen molar-refractivity contribution in [1.29, 1.82) is 0 Å². The smallest absolute Gasteiger partial charge is 0.344 e. The van der Waals surface area contributed by atoms with Crippen molar-refractivity contribution < 1.29 is 18.6 Å². The number of fused-ring (bicyclic) bond motifs is 1. The summed E-state index contributed by atoms with van der Waals surface area (Å²) in [5.74, 6) is 1.44. The SMILES string of the molecule is COc1cc(-c2cc3cc(C)ccc3oc2=O)cc(OC)c1OC. The Morgan fingerprint density at radius 2 is 1.54 bits per heavy atom. The van der Waals surface area contributed by atoms with Gasteiger partial charge in [0, 0.05) is 5.39 Å². The minimum absolute atomic E-state index is 0.416. The lowest BCUT2D eigenvalue weighted by molar-refractivity contribution is 0.324. The Morgan fingerprint density at radius 1 is 0.875 bits per heavy atom. The summed E-state index contributed by atoms with van der Waals surface area (Å²) in [6.45, 7) is 1.99. The van der Waals surface area contributed by atoms with Crippen LogP contribution in [0.25, 0.3) is 22.1 Å². The molecule has 0 bridgehead atoms. The molecule has 0 saturated heterocycles. The molecular weight excluding hydrogens is 308 g/mol.